The molecule has 0 aliphatic carbocycles. The summed E-state index contributed by atoms with van der Waals surface area (Å²) in [6, 6.07) is 36.0. The van der Waals surface area contributed by atoms with Crippen molar-refractivity contribution in [3.05, 3.63) is 120 Å². The number of nitrogens with one attached hydrogen (secondary N) is 1. The van der Waals surface area contributed by atoms with Crippen molar-refractivity contribution in [1.29, 1.82) is 0 Å². The van der Waals surface area contributed by atoms with Crippen molar-refractivity contribution in [2.75, 3.05) is 0 Å². The third-order valence-corrected chi connectivity index (χ3v) is 6.24. The van der Waals surface area contributed by atoms with Crippen molar-refractivity contribution < 1.29 is 4.39 Å². The highest BCUT2D eigenvalue weighted by atomic mass is 19.1. The fourth-order valence-corrected chi connectivity index (χ4v) is 4.50. The molecule has 1 nitrogen and oxygen atoms in total. The van der Waals surface area contributed by atoms with Gasteiger partial charge in [0.15, 0.2) is 0 Å². The van der Waals surface area contributed by atoms with Gasteiger partial charge >= 0.3 is 0 Å². The van der Waals surface area contributed by atoms with E-state index in [1.165, 1.54) is 38.2 Å². The Morgan fingerprint density at radius 1 is 0.688 bits per heavy atom. The van der Waals surface area contributed by atoms with E-state index in [9.17, 15) is 4.39 Å². The molecule has 5 aromatic rings. The zero-order valence-corrected chi connectivity index (χ0v) is 18.2. The van der Waals surface area contributed by atoms with Crippen LogP contribution in [0.3, 0.4) is 0 Å². The zero-order valence-electron chi connectivity index (χ0n) is 18.2. The Kier molecular flexibility index (Phi) is 5.70. The molecule has 0 saturated heterocycles. The van der Waals surface area contributed by atoms with E-state index < -0.39 is 6.67 Å². The fourth-order valence-electron chi connectivity index (χ4n) is 4.50. The number of hydrogen-bond donors (Lipinski definition) is 1. The predicted molar refractivity (Wildman–Crippen MR) is 133 cm³/mol. The van der Waals surface area contributed by atoms with Gasteiger partial charge in [-0.25, -0.2) is 4.39 Å². The molecular weight excluding hydrogens is 393 g/mol. The molecule has 5 rings (SSSR count). The smallest absolute Gasteiger partial charge is 0.115 e. The minimum atomic E-state index is -0.433. The molecule has 0 amide bonds. The van der Waals surface area contributed by atoms with Crippen molar-refractivity contribution in [2.45, 2.75) is 26.2 Å². The first-order chi connectivity index (χ1) is 15.7. The fraction of sp³-hybridized carbons (Fsp3) is 0.133. The van der Waals surface area contributed by atoms with Crippen LogP contribution in [0, 0.1) is 0 Å². The molecule has 0 heterocycles. The molecule has 158 valence electrons. The molecule has 0 bridgehead atoms. The molecule has 0 unspecified atom stereocenters. The molecule has 5 aromatic carbocycles. The molecule has 0 saturated carbocycles. The third kappa shape index (κ3) is 4.02. The molecule has 0 radical (unpaired) electrons. The maximum absolute atomic E-state index is 13.0. The van der Waals surface area contributed by atoms with E-state index in [1.807, 2.05) is 24.3 Å². The van der Waals surface area contributed by atoms with Gasteiger partial charge in [-0.1, -0.05) is 91.0 Å². The van der Waals surface area contributed by atoms with Gasteiger partial charge in [0.2, 0.25) is 0 Å². The van der Waals surface area contributed by atoms with Gasteiger partial charge in [-0.05, 0) is 68.4 Å². The molecular formula is C30H26FN. The average Bonchev–Trinajstić information content (AvgIpc) is 2.86. The minimum Gasteiger partial charge on any atom is -0.306 e. The van der Waals surface area contributed by atoms with Crippen LogP contribution in [-0.4, -0.2) is 0 Å². The zero-order chi connectivity index (χ0) is 21.9. The topological polar surface area (TPSA) is 12.0 Å². The average molecular weight is 420 g/mol. The lowest BCUT2D eigenvalue weighted by Crippen LogP contribution is -2.18. The lowest BCUT2D eigenvalue weighted by atomic mass is 9.94. The van der Waals surface area contributed by atoms with Crippen molar-refractivity contribution in [1.82, 2.24) is 5.32 Å². The van der Waals surface area contributed by atoms with Gasteiger partial charge in [0.25, 0.3) is 0 Å². The van der Waals surface area contributed by atoms with Crippen LogP contribution in [0.25, 0.3) is 32.7 Å². The van der Waals surface area contributed by atoms with Crippen LogP contribution in [0.4, 0.5) is 4.39 Å². The van der Waals surface area contributed by atoms with E-state index in [2.05, 4.69) is 91.1 Å². The quantitative estimate of drug-likeness (QED) is 0.294. The number of halogens is 1. The molecule has 0 spiro atoms. The highest BCUT2D eigenvalue weighted by molar-refractivity contribution is 5.97. The number of fused-ring (bicyclic) bond motifs is 2. The second kappa shape index (κ2) is 8.94. The summed E-state index contributed by atoms with van der Waals surface area (Å²) in [6.45, 7) is 2.56. The van der Waals surface area contributed by atoms with Crippen LogP contribution < -0.4 is 5.32 Å². The summed E-state index contributed by atoms with van der Waals surface area (Å²) >= 11 is 0. The summed E-state index contributed by atoms with van der Waals surface area (Å²) in [5.41, 5.74) is 5.55. The maximum atomic E-state index is 13.0. The Labute approximate surface area is 188 Å². The van der Waals surface area contributed by atoms with Crippen LogP contribution >= 0.6 is 0 Å². The van der Waals surface area contributed by atoms with Crippen LogP contribution in [0.2, 0.25) is 0 Å². The molecule has 1 N–H and O–H groups in total. The van der Waals surface area contributed by atoms with Crippen LogP contribution in [0.5, 0.6) is 0 Å². The van der Waals surface area contributed by atoms with E-state index in [4.69, 9.17) is 0 Å². The maximum Gasteiger partial charge on any atom is 0.115 e. The van der Waals surface area contributed by atoms with Gasteiger partial charge in [-0.2, -0.15) is 0 Å². The molecule has 2 heteroatoms. The molecule has 0 aliphatic heterocycles. The number of benzene rings is 5. The van der Waals surface area contributed by atoms with Gasteiger partial charge in [-0.3, -0.25) is 0 Å². The lowest BCUT2D eigenvalue weighted by Gasteiger charge is -2.18. The summed E-state index contributed by atoms with van der Waals surface area (Å²) in [5, 5.41) is 8.71. The van der Waals surface area contributed by atoms with E-state index >= 15 is 0 Å². The van der Waals surface area contributed by atoms with Crippen molar-refractivity contribution in [3.8, 4) is 11.1 Å². The van der Waals surface area contributed by atoms with Crippen LogP contribution in [0.1, 0.15) is 29.7 Å². The van der Waals surface area contributed by atoms with Gasteiger partial charge in [-0.15, -0.1) is 0 Å². The summed E-state index contributed by atoms with van der Waals surface area (Å²) in [6.07, 6.45) is 0. The summed E-state index contributed by atoms with van der Waals surface area (Å²) in [4.78, 5) is 0. The number of alkyl halides is 1. The Morgan fingerprint density at radius 3 is 2.16 bits per heavy atom. The van der Waals surface area contributed by atoms with Crippen LogP contribution in [-0.2, 0) is 13.2 Å². The standard InChI is InChI=1S/C30H26FN/c1-21(27-12-6-9-24-7-2-4-10-28(24)27)32-20-23-17-26-8-3-5-11-29(26)30(18-23)25-15-13-22(19-31)14-16-25/h2-18,21,32H,19-20H2,1H3/t21-/m1/s1. The SMILES string of the molecule is C[C@@H](NCc1cc(-c2ccc(CF)cc2)c2ccccc2c1)c1cccc2ccccc12. The van der Waals surface area contributed by atoms with Gasteiger partial charge in [0.05, 0.1) is 0 Å². The Bertz CT molecular complexity index is 1370. The predicted octanol–water partition coefficient (Wildman–Crippen LogP) is 7.98. The third-order valence-electron chi connectivity index (χ3n) is 6.24. The molecule has 32 heavy (non-hydrogen) atoms. The highest BCUT2D eigenvalue weighted by Gasteiger charge is 2.11. The van der Waals surface area contributed by atoms with Gasteiger partial charge in [0, 0.05) is 12.6 Å². The molecule has 0 aliphatic rings. The second-order valence-electron chi connectivity index (χ2n) is 8.37. The molecule has 1 atom stereocenters. The monoisotopic (exact) mass is 419 g/mol. The summed E-state index contributed by atoms with van der Waals surface area (Å²) in [7, 11) is 0. The Morgan fingerprint density at radius 2 is 1.38 bits per heavy atom. The minimum absolute atomic E-state index is 0.222. The van der Waals surface area contributed by atoms with E-state index in [-0.39, 0.29) is 6.04 Å². The van der Waals surface area contributed by atoms with Crippen LogP contribution in [0.15, 0.2) is 103 Å². The van der Waals surface area contributed by atoms with Gasteiger partial charge < -0.3 is 5.32 Å². The highest BCUT2D eigenvalue weighted by Crippen LogP contribution is 2.31. The number of rotatable bonds is 6. The first-order valence-corrected chi connectivity index (χ1v) is 11.1. The van der Waals surface area contributed by atoms with E-state index in [0.29, 0.717) is 5.56 Å². The Hall–Kier alpha value is -3.49. The number of hydrogen-bond acceptors (Lipinski definition) is 1. The van der Waals surface area contributed by atoms with Crippen molar-refractivity contribution >= 4 is 21.5 Å². The van der Waals surface area contributed by atoms with Crippen molar-refractivity contribution in [2.24, 2.45) is 0 Å². The largest absolute Gasteiger partial charge is 0.306 e. The normalized spacial score (nSPS) is 12.3. The molecule has 0 aromatic heterocycles. The van der Waals surface area contributed by atoms with Gasteiger partial charge in [0.1, 0.15) is 6.67 Å². The first kappa shape index (κ1) is 20.4. The summed E-state index contributed by atoms with van der Waals surface area (Å²) < 4.78 is 13.0. The summed E-state index contributed by atoms with van der Waals surface area (Å²) in [5.74, 6) is 0. The Balaban J connectivity index is 1.46. The lowest BCUT2D eigenvalue weighted by molar-refractivity contribution is 0.485. The van der Waals surface area contributed by atoms with E-state index in [0.717, 1.165) is 12.1 Å². The molecule has 0 fully saturated rings. The van der Waals surface area contributed by atoms with E-state index in [1.54, 1.807) is 0 Å². The van der Waals surface area contributed by atoms with Crippen molar-refractivity contribution in [3.63, 3.8) is 0 Å². The first-order valence-electron chi connectivity index (χ1n) is 11.1. The second-order valence-corrected chi connectivity index (χ2v) is 8.37.